The van der Waals surface area contributed by atoms with Gasteiger partial charge in [-0.05, 0) is 19.3 Å². The molecule has 0 aromatic heterocycles. The molecule has 3 heteroatoms. The second-order valence-corrected chi connectivity index (χ2v) is 4.42. The third kappa shape index (κ3) is 2.58. The lowest BCUT2D eigenvalue weighted by molar-refractivity contribution is -0.928. The zero-order chi connectivity index (χ0) is 10.5. The molecule has 2 rings (SSSR count). The van der Waals surface area contributed by atoms with Gasteiger partial charge in [0.1, 0.15) is 19.2 Å². The summed E-state index contributed by atoms with van der Waals surface area (Å²) in [6.45, 7) is 3.63. The van der Waals surface area contributed by atoms with Gasteiger partial charge < -0.3 is 9.64 Å². The van der Waals surface area contributed by atoms with Crippen molar-refractivity contribution in [1.82, 2.24) is 0 Å². The normalized spacial score (nSPS) is 29.7. The number of nitriles is 1. The minimum absolute atomic E-state index is 0.179. The van der Waals surface area contributed by atoms with Crippen molar-refractivity contribution in [2.45, 2.75) is 25.3 Å². The molecule has 0 radical (unpaired) electrons. The molecule has 1 heterocycles. The molecule has 1 N–H and O–H groups in total. The molecule has 0 aromatic rings. The summed E-state index contributed by atoms with van der Waals surface area (Å²) in [5, 5.41) is 9.29. The summed E-state index contributed by atoms with van der Waals surface area (Å²) in [6, 6.07) is 2.69. The van der Waals surface area contributed by atoms with Crippen molar-refractivity contribution in [2.75, 3.05) is 26.3 Å². The Morgan fingerprint density at radius 1 is 1.33 bits per heavy atom. The van der Waals surface area contributed by atoms with Gasteiger partial charge in [-0.2, -0.15) is 5.26 Å². The van der Waals surface area contributed by atoms with Gasteiger partial charge in [0.15, 0.2) is 6.04 Å². The van der Waals surface area contributed by atoms with E-state index in [-0.39, 0.29) is 6.04 Å². The number of rotatable bonds is 2. The van der Waals surface area contributed by atoms with Crippen LogP contribution in [-0.4, -0.2) is 32.3 Å². The Bertz CT molecular complexity index is 263. The van der Waals surface area contributed by atoms with E-state index in [0.29, 0.717) is 5.92 Å². The number of hydrogen-bond donors (Lipinski definition) is 1. The van der Waals surface area contributed by atoms with Crippen molar-refractivity contribution in [3.63, 3.8) is 0 Å². The summed E-state index contributed by atoms with van der Waals surface area (Å²) in [4.78, 5) is 1.43. The number of quaternary nitrogens is 1. The third-order valence-electron chi connectivity index (χ3n) is 3.49. The Morgan fingerprint density at radius 3 is 2.73 bits per heavy atom. The largest absolute Gasteiger partial charge is 0.370 e. The SMILES string of the molecule is N#C[C@H]([C@@H]1CC=CCC1)[NH+]1CCOCC1. The van der Waals surface area contributed by atoms with Gasteiger partial charge in [0.2, 0.25) is 0 Å². The van der Waals surface area contributed by atoms with Gasteiger partial charge in [0, 0.05) is 5.92 Å². The molecule has 0 unspecified atom stereocenters. The van der Waals surface area contributed by atoms with E-state index < -0.39 is 0 Å². The summed E-state index contributed by atoms with van der Waals surface area (Å²) in [6.07, 6.45) is 7.88. The smallest absolute Gasteiger partial charge is 0.178 e. The molecule has 1 aliphatic carbocycles. The fraction of sp³-hybridized carbons (Fsp3) is 0.750. The van der Waals surface area contributed by atoms with Crippen molar-refractivity contribution in [1.29, 1.82) is 5.26 Å². The van der Waals surface area contributed by atoms with Crippen LogP contribution in [0.4, 0.5) is 0 Å². The van der Waals surface area contributed by atoms with Crippen LogP contribution in [-0.2, 0) is 4.74 Å². The van der Waals surface area contributed by atoms with Crippen LogP contribution in [0.5, 0.6) is 0 Å². The average molecular weight is 207 g/mol. The molecular formula is C12H19N2O+. The highest BCUT2D eigenvalue weighted by Crippen LogP contribution is 2.20. The van der Waals surface area contributed by atoms with Crippen LogP contribution in [0.2, 0.25) is 0 Å². The molecule has 1 aliphatic heterocycles. The fourth-order valence-electron chi connectivity index (χ4n) is 2.59. The van der Waals surface area contributed by atoms with Crippen molar-refractivity contribution >= 4 is 0 Å². The fourth-order valence-corrected chi connectivity index (χ4v) is 2.59. The molecule has 0 spiro atoms. The van der Waals surface area contributed by atoms with Gasteiger partial charge >= 0.3 is 0 Å². The molecule has 2 atom stereocenters. The molecule has 1 saturated heterocycles. The van der Waals surface area contributed by atoms with Gasteiger partial charge in [-0.15, -0.1) is 0 Å². The minimum Gasteiger partial charge on any atom is -0.370 e. The maximum atomic E-state index is 9.29. The molecule has 0 saturated carbocycles. The van der Waals surface area contributed by atoms with Crippen LogP contribution in [0.1, 0.15) is 19.3 Å². The third-order valence-corrected chi connectivity index (χ3v) is 3.49. The van der Waals surface area contributed by atoms with Gasteiger partial charge in [0.25, 0.3) is 0 Å². The Kier molecular flexibility index (Phi) is 3.76. The summed E-state index contributed by atoms with van der Waals surface area (Å²) in [7, 11) is 0. The lowest BCUT2D eigenvalue weighted by Gasteiger charge is -2.32. The van der Waals surface area contributed by atoms with E-state index >= 15 is 0 Å². The monoisotopic (exact) mass is 207 g/mol. The van der Waals surface area contributed by atoms with Crippen molar-refractivity contribution in [2.24, 2.45) is 5.92 Å². The van der Waals surface area contributed by atoms with Crippen LogP contribution in [0, 0.1) is 17.2 Å². The first-order chi connectivity index (χ1) is 7.42. The topological polar surface area (TPSA) is 37.5 Å². The van der Waals surface area contributed by atoms with E-state index in [0.717, 1.165) is 39.1 Å². The maximum Gasteiger partial charge on any atom is 0.178 e. The van der Waals surface area contributed by atoms with E-state index in [9.17, 15) is 5.26 Å². The van der Waals surface area contributed by atoms with Crippen LogP contribution in [0.3, 0.4) is 0 Å². The molecule has 0 bridgehead atoms. The highest BCUT2D eigenvalue weighted by atomic mass is 16.5. The number of allylic oxidation sites excluding steroid dienone is 2. The quantitative estimate of drug-likeness (QED) is 0.655. The van der Waals surface area contributed by atoms with E-state index in [1.54, 1.807) is 0 Å². The Morgan fingerprint density at radius 2 is 2.13 bits per heavy atom. The minimum atomic E-state index is 0.179. The summed E-state index contributed by atoms with van der Waals surface area (Å²) in [5.41, 5.74) is 0. The second kappa shape index (κ2) is 5.29. The van der Waals surface area contributed by atoms with Crippen molar-refractivity contribution in [3.05, 3.63) is 12.2 Å². The van der Waals surface area contributed by atoms with Crippen molar-refractivity contribution < 1.29 is 9.64 Å². The lowest BCUT2D eigenvalue weighted by atomic mass is 9.87. The first kappa shape index (κ1) is 10.7. The Labute approximate surface area is 91.3 Å². The standard InChI is InChI=1S/C12H18N2O/c13-10-12(11-4-2-1-3-5-11)14-6-8-15-9-7-14/h1-2,11-12H,3-9H2/p+1/t11-,12-/m1/s1. The van der Waals surface area contributed by atoms with Crippen LogP contribution in [0.15, 0.2) is 12.2 Å². The second-order valence-electron chi connectivity index (χ2n) is 4.42. The Hall–Kier alpha value is -0.850. The molecule has 2 aliphatic rings. The number of nitrogens with one attached hydrogen (secondary N) is 1. The number of hydrogen-bond acceptors (Lipinski definition) is 2. The van der Waals surface area contributed by atoms with E-state index in [1.807, 2.05) is 0 Å². The van der Waals surface area contributed by atoms with E-state index in [4.69, 9.17) is 4.74 Å². The van der Waals surface area contributed by atoms with Crippen LogP contribution >= 0.6 is 0 Å². The maximum absolute atomic E-state index is 9.29. The molecule has 3 nitrogen and oxygen atoms in total. The van der Waals surface area contributed by atoms with Gasteiger partial charge in [-0.3, -0.25) is 0 Å². The predicted octanol–water partition coefficient (Wildman–Crippen LogP) is 0.150. The molecule has 15 heavy (non-hydrogen) atoms. The van der Waals surface area contributed by atoms with Crippen molar-refractivity contribution in [3.8, 4) is 6.07 Å². The average Bonchev–Trinajstić information content (AvgIpc) is 2.33. The zero-order valence-corrected chi connectivity index (χ0v) is 9.11. The molecule has 1 fully saturated rings. The molecule has 0 amide bonds. The van der Waals surface area contributed by atoms with Crippen LogP contribution in [0.25, 0.3) is 0 Å². The van der Waals surface area contributed by atoms with Gasteiger partial charge in [-0.1, -0.05) is 12.2 Å². The predicted molar refractivity (Wildman–Crippen MR) is 57.4 cm³/mol. The summed E-state index contributed by atoms with van der Waals surface area (Å²) in [5.74, 6) is 0.563. The molecule has 82 valence electrons. The lowest BCUT2D eigenvalue weighted by Crippen LogP contribution is -3.18. The first-order valence-corrected chi connectivity index (χ1v) is 5.89. The van der Waals surface area contributed by atoms with E-state index in [1.165, 1.54) is 11.3 Å². The Balaban J connectivity index is 1.96. The number of ether oxygens (including phenoxy) is 1. The zero-order valence-electron chi connectivity index (χ0n) is 9.11. The molecule has 0 aromatic carbocycles. The number of nitrogens with zero attached hydrogens (tertiary/aromatic N) is 1. The van der Waals surface area contributed by atoms with E-state index in [2.05, 4.69) is 18.2 Å². The first-order valence-electron chi connectivity index (χ1n) is 5.89. The highest BCUT2D eigenvalue weighted by Gasteiger charge is 2.31. The summed E-state index contributed by atoms with van der Waals surface area (Å²) >= 11 is 0. The number of morpholine rings is 1. The molecular weight excluding hydrogens is 188 g/mol. The summed E-state index contributed by atoms with van der Waals surface area (Å²) < 4.78 is 5.34. The van der Waals surface area contributed by atoms with Gasteiger partial charge in [0.05, 0.1) is 13.2 Å². The van der Waals surface area contributed by atoms with Crippen LogP contribution < -0.4 is 4.90 Å². The van der Waals surface area contributed by atoms with Gasteiger partial charge in [-0.25, -0.2) is 0 Å². The highest BCUT2D eigenvalue weighted by molar-refractivity contribution is 4.98.